The molecule has 0 unspecified atom stereocenters. The van der Waals surface area contributed by atoms with Crippen molar-refractivity contribution in [2.45, 2.75) is 32.0 Å². The highest BCUT2D eigenvalue weighted by Crippen LogP contribution is 2.29. The number of primary amides is 1. The van der Waals surface area contributed by atoms with Crippen LogP contribution in [0.25, 0.3) is 0 Å². The minimum Gasteiger partial charge on any atom is -0.368 e. The van der Waals surface area contributed by atoms with Gasteiger partial charge in [0.1, 0.15) is 11.8 Å². The van der Waals surface area contributed by atoms with E-state index in [9.17, 15) is 27.6 Å². The highest BCUT2D eigenvalue weighted by molar-refractivity contribution is 5.97. The van der Waals surface area contributed by atoms with E-state index in [0.717, 1.165) is 24.3 Å². The summed E-state index contributed by atoms with van der Waals surface area (Å²) in [6.07, 6.45) is -4.40. The SMILES string of the molecule is CC(=O)CC[C@@H](NC(=O)c1ccc(C(F)(F)F)cc1)C(N)=O. The molecule has 1 aromatic rings. The molecule has 1 rings (SSSR count). The van der Waals surface area contributed by atoms with Crippen molar-refractivity contribution >= 4 is 17.6 Å². The molecule has 0 spiro atoms. The van der Waals surface area contributed by atoms with Crippen LogP contribution >= 0.6 is 0 Å². The first kappa shape index (κ1) is 17.7. The number of carbonyl (C=O) groups excluding carboxylic acids is 3. The van der Waals surface area contributed by atoms with E-state index >= 15 is 0 Å². The number of halogens is 3. The van der Waals surface area contributed by atoms with Gasteiger partial charge in [0, 0.05) is 12.0 Å². The lowest BCUT2D eigenvalue weighted by atomic mass is 10.1. The zero-order valence-corrected chi connectivity index (χ0v) is 11.7. The minimum absolute atomic E-state index is 0.0387. The summed E-state index contributed by atoms with van der Waals surface area (Å²) < 4.78 is 37.3. The molecule has 0 fully saturated rings. The standard InChI is InChI=1S/C14H15F3N2O3/c1-8(20)2-7-11(12(18)21)19-13(22)9-3-5-10(6-4-9)14(15,16)17/h3-6,11H,2,7H2,1H3,(H2,18,21)(H,19,22)/t11-/m1/s1. The third-order valence-corrected chi connectivity index (χ3v) is 2.91. The molecule has 3 N–H and O–H groups in total. The Morgan fingerprint density at radius 1 is 1.18 bits per heavy atom. The molecule has 0 saturated heterocycles. The van der Waals surface area contributed by atoms with Crippen molar-refractivity contribution in [3.05, 3.63) is 35.4 Å². The van der Waals surface area contributed by atoms with Crippen LogP contribution in [-0.4, -0.2) is 23.6 Å². The lowest BCUT2D eigenvalue weighted by Gasteiger charge is -2.15. The molecule has 0 bridgehead atoms. The Labute approximate surface area is 124 Å². The first-order chi connectivity index (χ1) is 10.1. The van der Waals surface area contributed by atoms with Crippen molar-refractivity contribution in [3.8, 4) is 0 Å². The molecule has 0 radical (unpaired) electrons. The number of Topliss-reactive ketones (excluding diaryl/α,β-unsaturated/α-hetero) is 1. The van der Waals surface area contributed by atoms with Gasteiger partial charge in [0.25, 0.3) is 5.91 Å². The average molecular weight is 316 g/mol. The molecule has 2 amide bonds. The van der Waals surface area contributed by atoms with E-state index in [4.69, 9.17) is 5.73 Å². The molecule has 0 aliphatic rings. The number of hydrogen-bond donors (Lipinski definition) is 2. The van der Waals surface area contributed by atoms with Crippen LogP contribution in [-0.2, 0) is 15.8 Å². The molecule has 1 aromatic carbocycles. The van der Waals surface area contributed by atoms with Crippen molar-refractivity contribution in [2.24, 2.45) is 5.73 Å². The average Bonchev–Trinajstić information content (AvgIpc) is 2.41. The third-order valence-electron chi connectivity index (χ3n) is 2.91. The zero-order valence-electron chi connectivity index (χ0n) is 11.7. The normalized spacial score (nSPS) is 12.5. The summed E-state index contributed by atoms with van der Waals surface area (Å²) in [6, 6.07) is 2.48. The highest BCUT2D eigenvalue weighted by atomic mass is 19.4. The Morgan fingerprint density at radius 2 is 1.73 bits per heavy atom. The second-order valence-electron chi connectivity index (χ2n) is 4.74. The van der Waals surface area contributed by atoms with Gasteiger partial charge in [0.05, 0.1) is 5.56 Å². The van der Waals surface area contributed by atoms with E-state index < -0.39 is 29.6 Å². The number of nitrogens with one attached hydrogen (secondary N) is 1. The fourth-order valence-electron chi connectivity index (χ4n) is 1.69. The van der Waals surface area contributed by atoms with Gasteiger partial charge < -0.3 is 15.8 Å². The van der Waals surface area contributed by atoms with Crippen LogP contribution in [0, 0.1) is 0 Å². The summed E-state index contributed by atoms with van der Waals surface area (Å²) in [5, 5.41) is 2.30. The van der Waals surface area contributed by atoms with Gasteiger partial charge in [-0.05, 0) is 37.6 Å². The van der Waals surface area contributed by atoms with Crippen molar-refractivity contribution < 1.29 is 27.6 Å². The fourth-order valence-corrected chi connectivity index (χ4v) is 1.69. The van der Waals surface area contributed by atoms with Gasteiger partial charge in [0.15, 0.2) is 0 Å². The predicted octanol–water partition coefficient (Wildman–Crippen LogP) is 1.66. The van der Waals surface area contributed by atoms with E-state index in [1.54, 1.807) is 0 Å². The van der Waals surface area contributed by atoms with E-state index in [2.05, 4.69) is 5.32 Å². The van der Waals surface area contributed by atoms with Crippen molar-refractivity contribution in [1.29, 1.82) is 0 Å². The maximum absolute atomic E-state index is 12.4. The molecule has 1 atom stereocenters. The fraction of sp³-hybridized carbons (Fsp3) is 0.357. The zero-order chi connectivity index (χ0) is 16.9. The molecular weight excluding hydrogens is 301 g/mol. The number of hydrogen-bond acceptors (Lipinski definition) is 3. The summed E-state index contributed by atoms with van der Waals surface area (Å²) in [5.41, 5.74) is 4.19. The van der Waals surface area contributed by atoms with Crippen LogP contribution in [0.5, 0.6) is 0 Å². The number of alkyl halides is 3. The number of ketones is 1. The van der Waals surface area contributed by atoms with Crippen LogP contribution in [0.1, 0.15) is 35.7 Å². The van der Waals surface area contributed by atoms with E-state index in [1.807, 2.05) is 0 Å². The lowest BCUT2D eigenvalue weighted by Crippen LogP contribution is -2.44. The Hall–Kier alpha value is -2.38. The lowest BCUT2D eigenvalue weighted by molar-refractivity contribution is -0.137. The predicted molar refractivity (Wildman–Crippen MR) is 71.8 cm³/mol. The van der Waals surface area contributed by atoms with Crippen LogP contribution in [0.4, 0.5) is 13.2 Å². The first-order valence-corrected chi connectivity index (χ1v) is 6.38. The number of amides is 2. The maximum Gasteiger partial charge on any atom is 0.416 e. The Kier molecular flexibility index (Phi) is 5.67. The van der Waals surface area contributed by atoms with Crippen molar-refractivity contribution in [1.82, 2.24) is 5.32 Å². The summed E-state index contributed by atoms with van der Waals surface area (Å²) in [6.45, 7) is 1.33. The molecule has 8 heteroatoms. The first-order valence-electron chi connectivity index (χ1n) is 6.38. The number of rotatable bonds is 6. The van der Waals surface area contributed by atoms with Gasteiger partial charge in [0.2, 0.25) is 5.91 Å². The largest absolute Gasteiger partial charge is 0.416 e. The Morgan fingerprint density at radius 3 is 2.14 bits per heavy atom. The van der Waals surface area contributed by atoms with E-state index in [1.165, 1.54) is 6.92 Å². The summed E-state index contributed by atoms with van der Waals surface area (Å²) in [7, 11) is 0. The van der Waals surface area contributed by atoms with Crippen molar-refractivity contribution in [2.75, 3.05) is 0 Å². The second kappa shape index (κ2) is 7.06. The van der Waals surface area contributed by atoms with Crippen LogP contribution in [0.3, 0.4) is 0 Å². The van der Waals surface area contributed by atoms with E-state index in [-0.39, 0.29) is 24.2 Å². The smallest absolute Gasteiger partial charge is 0.368 e. The second-order valence-corrected chi connectivity index (χ2v) is 4.74. The summed E-state index contributed by atoms with van der Waals surface area (Å²) >= 11 is 0. The highest BCUT2D eigenvalue weighted by Gasteiger charge is 2.30. The van der Waals surface area contributed by atoms with Gasteiger partial charge in [-0.15, -0.1) is 0 Å². The van der Waals surface area contributed by atoms with Crippen LogP contribution in [0.15, 0.2) is 24.3 Å². The number of carbonyl (C=O) groups is 3. The van der Waals surface area contributed by atoms with Gasteiger partial charge in [-0.3, -0.25) is 9.59 Å². The van der Waals surface area contributed by atoms with Gasteiger partial charge >= 0.3 is 6.18 Å². The molecule has 22 heavy (non-hydrogen) atoms. The summed E-state index contributed by atoms with van der Waals surface area (Å²) in [5.74, 6) is -1.72. The third kappa shape index (κ3) is 5.19. The van der Waals surface area contributed by atoms with Crippen LogP contribution in [0.2, 0.25) is 0 Å². The molecule has 0 heterocycles. The molecule has 0 aromatic heterocycles. The topological polar surface area (TPSA) is 89.3 Å². The maximum atomic E-state index is 12.4. The number of nitrogens with two attached hydrogens (primary N) is 1. The van der Waals surface area contributed by atoms with Crippen molar-refractivity contribution in [3.63, 3.8) is 0 Å². The van der Waals surface area contributed by atoms with Gasteiger partial charge in [-0.2, -0.15) is 13.2 Å². The molecule has 0 aliphatic carbocycles. The Balaban J connectivity index is 2.77. The van der Waals surface area contributed by atoms with Crippen LogP contribution < -0.4 is 11.1 Å². The van der Waals surface area contributed by atoms with E-state index in [0.29, 0.717) is 0 Å². The minimum atomic E-state index is -4.49. The summed E-state index contributed by atoms with van der Waals surface area (Å²) in [4.78, 5) is 34.0. The van der Waals surface area contributed by atoms with Gasteiger partial charge in [-0.25, -0.2) is 0 Å². The Bertz CT molecular complexity index is 568. The molecule has 0 saturated carbocycles. The molecular formula is C14H15F3N2O3. The molecule has 120 valence electrons. The quantitative estimate of drug-likeness (QED) is 0.836. The molecule has 0 aliphatic heterocycles. The van der Waals surface area contributed by atoms with Gasteiger partial charge in [-0.1, -0.05) is 0 Å². The molecule has 5 nitrogen and oxygen atoms in total. The number of benzene rings is 1. The monoisotopic (exact) mass is 316 g/mol.